The fraction of sp³-hybridized carbons (Fsp3) is 0.292. The molecule has 172 valence electrons. The summed E-state index contributed by atoms with van der Waals surface area (Å²) in [6.07, 6.45) is 4.67. The minimum absolute atomic E-state index is 0.0364. The zero-order valence-electron chi connectivity index (χ0n) is 18.2. The van der Waals surface area contributed by atoms with Crippen LogP contribution < -0.4 is 16.0 Å². The lowest BCUT2D eigenvalue weighted by Crippen LogP contribution is -2.45. The van der Waals surface area contributed by atoms with Crippen LogP contribution in [0.4, 0.5) is 21.9 Å². The van der Waals surface area contributed by atoms with E-state index in [1.165, 1.54) is 12.0 Å². The van der Waals surface area contributed by atoms with Crippen molar-refractivity contribution in [3.05, 3.63) is 54.1 Å². The Morgan fingerprint density at radius 2 is 1.67 bits per heavy atom. The van der Waals surface area contributed by atoms with Crippen LogP contribution in [0.15, 0.2) is 48.5 Å². The number of urea groups is 1. The number of ether oxygens (including phenoxy) is 1. The van der Waals surface area contributed by atoms with E-state index in [0.29, 0.717) is 22.6 Å². The van der Waals surface area contributed by atoms with E-state index in [9.17, 15) is 19.5 Å². The monoisotopic (exact) mass is 450 g/mol. The molecule has 2 aromatic rings. The standard InChI is InChI=1S/C24H26N4O5/c1-3-16-4-6-19(7-5-16)27-24(32)28-14-20(29)12-22(28)23(31)26-18-10-8-17(9-11-18)25-13-21(30)15-33-2/h1,4-11,20,22,25,29H,12-15H2,2H3,(H,26,31)(H,27,32)/t20-,22-/m1/s1. The third-order valence-corrected chi connectivity index (χ3v) is 5.09. The molecule has 33 heavy (non-hydrogen) atoms. The molecule has 2 atom stereocenters. The van der Waals surface area contributed by atoms with Crippen molar-refractivity contribution in [1.29, 1.82) is 0 Å². The number of nitrogens with zero attached hydrogens (tertiary/aromatic N) is 1. The van der Waals surface area contributed by atoms with Crippen LogP contribution in [0.5, 0.6) is 0 Å². The molecule has 3 amide bonds. The number of methoxy groups -OCH3 is 1. The van der Waals surface area contributed by atoms with Crippen LogP contribution >= 0.6 is 0 Å². The third-order valence-electron chi connectivity index (χ3n) is 5.09. The van der Waals surface area contributed by atoms with Crippen LogP contribution in [0.25, 0.3) is 0 Å². The molecule has 1 aliphatic heterocycles. The van der Waals surface area contributed by atoms with Crippen molar-refractivity contribution in [3.8, 4) is 12.3 Å². The zero-order chi connectivity index (χ0) is 23.8. The normalized spacial score (nSPS) is 17.2. The van der Waals surface area contributed by atoms with Gasteiger partial charge in [0.25, 0.3) is 0 Å². The molecule has 1 fully saturated rings. The molecule has 1 aliphatic rings. The predicted molar refractivity (Wildman–Crippen MR) is 125 cm³/mol. The highest BCUT2D eigenvalue weighted by Crippen LogP contribution is 2.22. The second kappa shape index (κ2) is 11.1. The van der Waals surface area contributed by atoms with Crippen molar-refractivity contribution in [1.82, 2.24) is 4.90 Å². The number of anilines is 3. The number of likely N-dealkylation sites (tertiary alicyclic amines) is 1. The van der Waals surface area contributed by atoms with Crippen molar-refractivity contribution >= 4 is 34.8 Å². The first-order chi connectivity index (χ1) is 15.9. The number of hydrogen-bond donors (Lipinski definition) is 4. The van der Waals surface area contributed by atoms with Gasteiger partial charge in [-0.15, -0.1) is 6.42 Å². The maximum absolute atomic E-state index is 12.8. The Morgan fingerprint density at radius 3 is 2.30 bits per heavy atom. The molecule has 3 rings (SSSR count). The number of aliphatic hydroxyl groups excluding tert-OH is 1. The number of benzene rings is 2. The number of rotatable bonds is 8. The number of hydrogen-bond acceptors (Lipinski definition) is 6. The minimum Gasteiger partial charge on any atom is -0.391 e. The topological polar surface area (TPSA) is 120 Å². The predicted octanol–water partition coefficient (Wildman–Crippen LogP) is 1.90. The fourth-order valence-electron chi connectivity index (χ4n) is 3.44. The number of nitrogens with one attached hydrogen (secondary N) is 3. The van der Waals surface area contributed by atoms with Crippen molar-refractivity contribution < 1.29 is 24.2 Å². The van der Waals surface area contributed by atoms with E-state index in [0.717, 1.165) is 0 Å². The Balaban J connectivity index is 1.58. The lowest BCUT2D eigenvalue weighted by molar-refractivity contribution is -0.121. The summed E-state index contributed by atoms with van der Waals surface area (Å²) in [6, 6.07) is 12.3. The molecule has 0 aromatic heterocycles. The minimum atomic E-state index is -0.825. The second-order valence-corrected chi connectivity index (χ2v) is 7.60. The number of β-amino-alcohol motifs (C(OH)–C–C–N with tert-alkyl or cyclic N) is 1. The average molecular weight is 450 g/mol. The SMILES string of the molecule is C#Cc1ccc(NC(=O)N2C[C@H](O)C[C@@H]2C(=O)Nc2ccc(NCC(=O)COC)cc2)cc1. The number of Topliss-reactive ketones (excluding diaryl/α,β-unsaturated/α-hetero) is 1. The van der Waals surface area contributed by atoms with E-state index in [4.69, 9.17) is 11.2 Å². The molecule has 1 saturated heterocycles. The quantitative estimate of drug-likeness (QED) is 0.456. The molecule has 0 unspecified atom stereocenters. The number of aliphatic hydroxyl groups is 1. The summed E-state index contributed by atoms with van der Waals surface area (Å²) in [5.41, 5.74) is 2.46. The Hall–Kier alpha value is -3.87. The average Bonchev–Trinajstić information content (AvgIpc) is 3.21. The van der Waals surface area contributed by atoms with Crippen LogP contribution in [-0.2, 0) is 14.3 Å². The Kier molecular flexibility index (Phi) is 8.02. The van der Waals surface area contributed by atoms with E-state index in [1.807, 2.05) is 0 Å². The molecule has 9 nitrogen and oxygen atoms in total. The van der Waals surface area contributed by atoms with E-state index in [-0.39, 0.29) is 31.9 Å². The van der Waals surface area contributed by atoms with Crippen molar-refractivity contribution in [2.24, 2.45) is 0 Å². The Bertz CT molecular complexity index is 1030. The maximum atomic E-state index is 12.8. The molecule has 0 radical (unpaired) electrons. The van der Waals surface area contributed by atoms with Crippen LogP contribution in [0, 0.1) is 12.3 Å². The van der Waals surface area contributed by atoms with Gasteiger partial charge in [0.05, 0.1) is 12.6 Å². The van der Waals surface area contributed by atoms with Crippen molar-refractivity contribution in [3.63, 3.8) is 0 Å². The van der Waals surface area contributed by atoms with Gasteiger partial charge < -0.3 is 30.7 Å². The zero-order valence-corrected chi connectivity index (χ0v) is 18.2. The number of ketones is 1. The van der Waals surface area contributed by atoms with Gasteiger partial charge in [0.15, 0.2) is 5.78 Å². The lowest BCUT2D eigenvalue weighted by atomic mass is 10.1. The van der Waals surface area contributed by atoms with Crippen LogP contribution in [0.2, 0.25) is 0 Å². The van der Waals surface area contributed by atoms with Crippen molar-refractivity contribution in [2.75, 3.05) is 42.8 Å². The molecule has 9 heteroatoms. The van der Waals surface area contributed by atoms with Crippen LogP contribution in [0.1, 0.15) is 12.0 Å². The van der Waals surface area contributed by atoms with Crippen molar-refractivity contribution in [2.45, 2.75) is 18.6 Å². The van der Waals surface area contributed by atoms with Gasteiger partial charge in [0.2, 0.25) is 5.91 Å². The lowest BCUT2D eigenvalue weighted by Gasteiger charge is -2.24. The van der Waals surface area contributed by atoms with E-state index < -0.39 is 24.1 Å². The summed E-state index contributed by atoms with van der Waals surface area (Å²) < 4.78 is 4.78. The third kappa shape index (κ3) is 6.55. The van der Waals surface area contributed by atoms with E-state index in [1.54, 1.807) is 48.5 Å². The second-order valence-electron chi connectivity index (χ2n) is 7.60. The summed E-state index contributed by atoms with van der Waals surface area (Å²) >= 11 is 0. The van der Waals surface area contributed by atoms with E-state index >= 15 is 0 Å². The largest absolute Gasteiger partial charge is 0.391 e. The van der Waals surface area contributed by atoms with Gasteiger partial charge in [-0.25, -0.2) is 4.79 Å². The number of terminal acetylenes is 1. The number of carbonyl (C=O) groups excluding carboxylic acids is 3. The molecule has 0 saturated carbocycles. The highest BCUT2D eigenvalue weighted by atomic mass is 16.5. The molecular formula is C24H26N4O5. The van der Waals surface area contributed by atoms with Gasteiger partial charge in [0.1, 0.15) is 12.6 Å². The fourth-order valence-corrected chi connectivity index (χ4v) is 3.44. The van der Waals surface area contributed by atoms with E-state index in [2.05, 4.69) is 21.9 Å². The first kappa shape index (κ1) is 23.8. The Labute approximate surface area is 192 Å². The number of amides is 3. The van der Waals surface area contributed by atoms with Gasteiger partial charge >= 0.3 is 6.03 Å². The molecule has 0 spiro atoms. The molecule has 4 N–H and O–H groups in total. The molecule has 1 heterocycles. The Morgan fingerprint density at radius 1 is 1.06 bits per heavy atom. The van der Waals surface area contributed by atoms with Gasteiger partial charge in [0, 0.05) is 42.7 Å². The summed E-state index contributed by atoms with van der Waals surface area (Å²) in [6.45, 7) is 0.217. The van der Waals surface area contributed by atoms with Gasteiger partial charge in [-0.2, -0.15) is 0 Å². The molecule has 2 aromatic carbocycles. The van der Waals surface area contributed by atoms with Gasteiger partial charge in [-0.1, -0.05) is 5.92 Å². The maximum Gasteiger partial charge on any atom is 0.322 e. The summed E-state index contributed by atoms with van der Waals surface area (Å²) in [4.78, 5) is 38.4. The highest BCUT2D eigenvalue weighted by molar-refractivity contribution is 5.99. The first-order valence-electron chi connectivity index (χ1n) is 10.4. The molecular weight excluding hydrogens is 424 g/mol. The molecule has 0 bridgehead atoms. The van der Waals surface area contributed by atoms with Crippen LogP contribution in [0.3, 0.4) is 0 Å². The van der Waals surface area contributed by atoms with Gasteiger partial charge in [-0.05, 0) is 48.5 Å². The highest BCUT2D eigenvalue weighted by Gasteiger charge is 2.39. The van der Waals surface area contributed by atoms with Gasteiger partial charge in [-0.3, -0.25) is 9.59 Å². The molecule has 0 aliphatic carbocycles. The first-order valence-corrected chi connectivity index (χ1v) is 10.4. The van der Waals surface area contributed by atoms with Crippen LogP contribution in [-0.4, -0.2) is 66.7 Å². The summed E-state index contributed by atoms with van der Waals surface area (Å²) in [5, 5.41) is 18.6. The smallest absolute Gasteiger partial charge is 0.322 e. The summed E-state index contributed by atoms with van der Waals surface area (Å²) in [5.74, 6) is 2.02. The summed E-state index contributed by atoms with van der Waals surface area (Å²) in [7, 11) is 1.46. The number of carbonyl (C=O) groups is 3.